The highest BCUT2D eigenvalue weighted by Gasteiger charge is 2.03. The Hall–Kier alpha value is -0.0800. The van der Waals surface area contributed by atoms with E-state index in [1.807, 2.05) is 7.05 Å². The molecule has 1 saturated heterocycles. The predicted octanol–water partition coefficient (Wildman–Crippen LogP) is 0.938. The van der Waals surface area contributed by atoms with Crippen molar-refractivity contribution >= 4 is 0 Å². The molecule has 0 aromatic carbocycles. The third-order valence-corrected chi connectivity index (χ3v) is 1.68. The van der Waals surface area contributed by atoms with Gasteiger partial charge in [-0.3, -0.25) is 0 Å². The van der Waals surface area contributed by atoms with E-state index in [2.05, 4.69) is 24.2 Å². The van der Waals surface area contributed by atoms with Crippen LogP contribution in [0.2, 0.25) is 0 Å². The van der Waals surface area contributed by atoms with E-state index in [0.717, 1.165) is 6.54 Å². The third-order valence-electron chi connectivity index (χ3n) is 1.68. The van der Waals surface area contributed by atoms with Crippen molar-refractivity contribution in [1.82, 2.24) is 10.2 Å². The number of likely N-dealkylation sites (tertiary alicyclic amines) is 1. The SMILES string of the molecule is CCNC.CN1CCCC1. The number of nitrogens with zero attached hydrogens (tertiary/aromatic N) is 1. The fourth-order valence-electron chi connectivity index (χ4n) is 0.875. The molecule has 1 aliphatic heterocycles. The van der Waals surface area contributed by atoms with E-state index in [1.165, 1.54) is 25.9 Å². The lowest BCUT2D eigenvalue weighted by Crippen LogP contribution is -2.10. The van der Waals surface area contributed by atoms with Gasteiger partial charge in [0.05, 0.1) is 0 Å². The lowest BCUT2D eigenvalue weighted by atomic mass is 10.4. The van der Waals surface area contributed by atoms with Crippen LogP contribution in [-0.2, 0) is 0 Å². The maximum absolute atomic E-state index is 2.93. The first-order valence-electron chi connectivity index (χ1n) is 4.14. The minimum Gasteiger partial charge on any atom is -0.320 e. The van der Waals surface area contributed by atoms with Crippen LogP contribution in [-0.4, -0.2) is 38.6 Å². The van der Waals surface area contributed by atoms with Crippen molar-refractivity contribution in [2.24, 2.45) is 0 Å². The molecule has 0 saturated carbocycles. The number of nitrogens with one attached hydrogen (secondary N) is 1. The van der Waals surface area contributed by atoms with Crippen LogP contribution >= 0.6 is 0 Å². The first kappa shape index (κ1) is 9.92. The highest BCUT2D eigenvalue weighted by molar-refractivity contribution is 4.59. The first-order valence-corrected chi connectivity index (χ1v) is 4.14. The van der Waals surface area contributed by atoms with E-state index < -0.39 is 0 Å². The van der Waals surface area contributed by atoms with Crippen molar-refractivity contribution in [3.8, 4) is 0 Å². The quantitative estimate of drug-likeness (QED) is 0.589. The van der Waals surface area contributed by atoms with Gasteiger partial charge in [-0.25, -0.2) is 0 Å². The van der Waals surface area contributed by atoms with Crippen LogP contribution in [0.15, 0.2) is 0 Å². The van der Waals surface area contributed by atoms with Gasteiger partial charge in [-0.05, 0) is 46.6 Å². The van der Waals surface area contributed by atoms with Gasteiger partial charge >= 0.3 is 0 Å². The standard InChI is InChI=1S/C5H11N.C3H9N/c1-6-4-2-3-5-6;1-3-4-2/h2-5H2,1H3;4H,3H2,1-2H3. The summed E-state index contributed by atoms with van der Waals surface area (Å²) in [4.78, 5) is 2.36. The average molecular weight is 144 g/mol. The zero-order valence-corrected chi connectivity index (χ0v) is 7.48. The van der Waals surface area contributed by atoms with Gasteiger partial charge in [0, 0.05) is 0 Å². The van der Waals surface area contributed by atoms with Crippen LogP contribution in [0.1, 0.15) is 19.8 Å². The van der Waals surface area contributed by atoms with Crippen molar-refractivity contribution in [2.75, 3.05) is 33.7 Å². The summed E-state index contributed by atoms with van der Waals surface area (Å²) < 4.78 is 0. The maximum atomic E-state index is 2.93. The lowest BCUT2D eigenvalue weighted by molar-refractivity contribution is 0.418. The van der Waals surface area contributed by atoms with Crippen LogP contribution in [0.4, 0.5) is 0 Å². The summed E-state index contributed by atoms with van der Waals surface area (Å²) in [5.74, 6) is 0. The van der Waals surface area contributed by atoms with Gasteiger partial charge < -0.3 is 10.2 Å². The zero-order valence-electron chi connectivity index (χ0n) is 7.48. The number of hydrogen-bond donors (Lipinski definition) is 1. The summed E-state index contributed by atoms with van der Waals surface area (Å²) in [6.07, 6.45) is 2.83. The molecule has 0 aliphatic carbocycles. The Balaban J connectivity index is 0.000000180. The number of hydrogen-bond acceptors (Lipinski definition) is 2. The second kappa shape index (κ2) is 7.03. The molecule has 62 valence electrons. The van der Waals surface area contributed by atoms with E-state index in [9.17, 15) is 0 Å². The van der Waals surface area contributed by atoms with Crippen molar-refractivity contribution in [3.05, 3.63) is 0 Å². The van der Waals surface area contributed by atoms with E-state index in [-0.39, 0.29) is 0 Å². The van der Waals surface area contributed by atoms with Gasteiger partial charge in [0.15, 0.2) is 0 Å². The minimum absolute atomic E-state index is 1.07. The summed E-state index contributed by atoms with van der Waals surface area (Å²) in [6, 6.07) is 0. The predicted molar refractivity (Wildman–Crippen MR) is 46.3 cm³/mol. The Morgan fingerprint density at radius 2 is 1.70 bits per heavy atom. The Kier molecular flexibility index (Phi) is 6.98. The summed E-state index contributed by atoms with van der Waals surface area (Å²) in [7, 11) is 4.10. The van der Waals surface area contributed by atoms with E-state index in [1.54, 1.807) is 0 Å². The molecule has 0 spiro atoms. The molecule has 0 aromatic rings. The second-order valence-corrected chi connectivity index (χ2v) is 2.72. The van der Waals surface area contributed by atoms with Gasteiger partial charge in [-0.2, -0.15) is 0 Å². The van der Waals surface area contributed by atoms with Gasteiger partial charge in [0.25, 0.3) is 0 Å². The smallest absolute Gasteiger partial charge is 0.00213 e. The molecule has 1 heterocycles. The topological polar surface area (TPSA) is 15.3 Å². The Morgan fingerprint density at radius 3 is 1.80 bits per heavy atom. The molecule has 1 rings (SSSR count). The fraction of sp³-hybridized carbons (Fsp3) is 1.00. The van der Waals surface area contributed by atoms with Crippen LogP contribution in [0.25, 0.3) is 0 Å². The molecular formula is C8H20N2. The van der Waals surface area contributed by atoms with Gasteiger partial charge in [-0.1, -0.05) is 6.92 Å². The molecule has 10 heavy (non-hydrogen) atoms. The van der Waals surface area contributed by atoms with Crippen molar-refractivity contribution in [1.29, 1.82) is 0 Å². The zero-order chi connectivity index (χ0) is 7.82. The Morgan fingerprint density at radius 1 is 1.30 bits per heavy atom. The molecule has 0 bridgehead atoms. The molecule has 0 amide bonds. The molecule has 1 aliphatic rings. The van der Waals surface area contributed by atoms with Gasteiger partial charge in [-0.15, -0.1) is 0 Å². The number of rotatable bonds is 1. The first-order chi connectivity index (χ1) is 4.81. The molecule has 0 atom stereocenters. The Bertz CT molecular complexity index is 56.3. The summed E-state index contributed by atoms with van der Waals surface area (Å²) in [5, 5.41) is 2.93. The molecule has 1 fully saturated rings. The monoisotopic (exact) mass is 144 g/mol. The second-order valence-electron chi connectivity index (χ2n) is 2.72. The fourth-order valence-corrected chi connectivity index (χ4v) is 0.875. The highest BCUT2D eigenvalue weighted by Crippen LogP contribution is 2.01. The van der Waals surface area contributed by atoms with Gasteiger partial charge in [0.2, 0.25) is 0 Å². The average Bonchev–Trinajstić information content (AvgIpc) is 2.40. The van der Waals surface area contributed by atoms with Crippen molar-refractivity contribution < 1.29 is 0 Å². The summed E-state index contributed by atoms with van der Waals surface area (Å²) in [5.41, 5.74) is 0. The van der Waals surface area contributed by atoms with Crippen LogP contribution in [0, 0.1) is 0 Å². The molecule has 2 heteroatoms. The van der Waals surface area contributed by atoms with E-state index in [4.69, 9.17) is 0 Å². The maximum Gasteiger partial charge on any atom is -0.00213 e. The largest absolute Gasteiger partial charge is 0.320 e. The van der Waals surface area contributed by atoms with E-state index >= 15 is 0 Å². The lowest BCUT2D eigenvalue weighted by Gasteiger charge is -2.01. The molecule has 0 unspecified atom stereocenters. The highest BCUT2D eigenvalue weighted by atomic mass is 15.1. The van der Waals surface area contributed by atoms with Crippen molar-refractivity contribution in [3.63, 3.8) is 0 Å². The molecular weight excluding hydrogens is 124 g/mol. The van der Waals surface area contributed by atoms with E-state index in [0.29, 0.717) is 0 Å². The van der Waals surface area contributed by atoms with Crippen LogP contribution in [0.3, 0.4) is 0 Å². The van der Waals surface area contributed by atoms with Crippen LogP contribution < -0.4 is 5.32 Å². The molecule has 0 aromatic heterocycles. The Labute approximate surface area is 64.6 Å². The van der Waals surface area contributed by atoms with Gasteiger partial charge in [0.1, 0.15) is 0 Å². The van der Waals surface area contributed by atoms with Crippen LogP contribution in [0.5, 0.6) is 0 Å². The molecule has 1 N–H and O–H groups in total. The summed E-state index contributed by atoms with van der Waals surface area (Å²) in [6.45, 7) is 5.78. The summed E-state index contributed by atoms with van der Waals surface area (Å²) >= 11 is 0. The minimum atomic E-state index is 1.07. The molecule has 2 nitrogen and oxygen atoms in total. The van der Waals surface area contributed by atoms with Crippen molar-refractivity contribution in [2.45, 2.75) is 19.8 Å². The third kappa shape index (κ3) is 6.05. The normalized spacial score (nSPS) is 18.3. The molecule has 0 radical (unpaired) electrons.